The number of hydrogen-bond donors (Lipinski definition) is 1. The van der Waals surface area contributed by atoms with E-state index in [4.69, 9.17) is 21.1 Å². The van der Waals surface area contributed by atoms with Gasteiger partial charge >= 0.3 is 11.9 Å². The molecule has 1 aromatic heterocycles. The molecule has 0 aliphatic carbocycles. The Balaban J connectivity index is 2.24. The quantitative estimate of drug-likeness (QED) is 0.252. The molecule has 12 nitrogen and oxygen atoms in total. The predicted molar refractivity (Wildman–Crippen MR) is 106 cm³/mol. The van der Waals surface area contributed by atoms with Crippen LogP contribution in [0.25, 0.3) is 0 Å². The molecule has 1 aromatic rings. The number of nitrogens with one attached hydrogen (secondary N) is 1. The number of nitrogens with zero attached hydrogens (tertiary/aromatic N) is 5. The van der Waals surface area contributed by atoms with Gasteiger partial charge in [0.2, 0.25) is 0 Å². The van der Waals surface area contributed by atoms with Crippen molar-refractivity contribution < 1.29 is 24.1 Å². The summed E-state index contributed by atoms with van der Waals surface area (Å²) in [6.45, 7) is 3.98. The van der Waals surface area contributed by atoms with Crippen LogP contribution in [0.1, 0.15) is 25.8 Å². The van der Waals surface area contributed by atoms with Crippen molar-refractivity contribution in [1.29, 1.82) is 0 Å². The molecule has 0 bridgehead atoms. The maximum Gasteiger partial charge on any atom is 0.324 e. The van der Waals surface area contributed by atoms with Crippen LogP contribution in [0.15, 0.2) is 23.4 Å². The SMILES string of the molecule is CCOC(=O)C[C@@H](C(=O)OCC)N1CN/C(=N\[N+](=O)[O-])N(Cc2ccc(Cl)nc2)C1. The summed E-state index contributed by atoms with van der Waals surface area (Å²) in [5.41, 5.74) is 0.720. The van der Waals surface area contributed by atoms with Crippen molar-refractivity contribution in [2.75, 3.05) is 26.6 Å². The number of carbonyl (C=O) groups is 2. The van der Waals surface area contributed by atoms with Crippen molar-refractivity contribution in [1.82, 2.24) is 20.1 Å². The molecule has 2 rings (SSSR count). The summed E-state index contributed by atoms with van der Waals surface area (Å²) < 4.78 is 10.1. The first-order valence-corrected chi connectivity index (χ1v) is 9.60. The molecular weight excluding hydrogens is 420 g/mol. The van der Waals surface area contributed by atoms with Crippen LogP contribution in [0.2, 0.25) is 5.15 Å². The zero-order valence-corrected chi connectivity index (χ0v) is 17.4. The Morgan fingerprint density at radius 1 is 1.37 bits per heavy atom. The van der Waals surface area contributed by atoms with Crippen LogP contribution in [0.4, 0.5) is 0 Å². The lowest BCUT2D eigenvalue weighted by atomic mass is 10.1. The first-order chi connectivity index (χ1) is 14.3. The molecule has 0 radical (unpaired) electrons. The highest BCUT2D eigenvalue weighted by Gasteiger charge is 2.35. The number of carbonyl (C=O) groups excluding carboxylic acids is 2. The van der Waals surface area contributed by atoms with E-state index in [2.05, 4.69) is 15.4 Å². The van der Waals surface area contributed by atoms with E-state index in [0.29, 0.717) is 5.15 Å². The Bertz CT molecular complexity index is 789. The molecule has 1 N–H and O–H groups in total. The molecule has 1 atom stereocenters. The lowest BCUT2D eigenvalue weighted by molar-refractivity contribution is -0.486. The number of ether oxygens (including phenoxy) is 2. The normalized spacial score (nSPS) is 16.6. The summed E-state index contributed by atoms with van der Waals surface area (Å²) in [6.07, 6.45) is 1.32. The summed E-state index contributed by atoms with van der Waals surface area (Å²) in [5, 5.41) is 16.6. The van der Waals surface area contributed by atoms with Gasteiger partial charge in [0.15, 0.2) is 5.03 Å². The van der Waals surface area contributed by atoms with Gasteiger partial charge in [-0.05, 0) is 25.5 Å². The zero-order valence-electron chi connectivity index (χ0n) is 16.6. The average molecular weight is 443 g/mol. The maximum atomic E-state index is 12.5. The molecule has 164 valence electrons. The Labute approximate surface area is 177 Å². The highest BCUT2D eigenvalue weighted by atomic mass is 35.5. The second-order valence-electron chi connectivity index (χ2n) is 6.19. The number of halogens is 1. The maximum absolute atomic E-state index is 12.5. The summed E-state index contributed by atoms with van der Waals surface area (Å²) in [7, 11) is 0. The van der Waals surface area contributed by atoms with Crippen LogP contribution < -0.4 is 5.32 Å². The summed E-state index contributed by atoms with van der Waals surface area (Å²) in [4.78, 5) is 42.5. The minimum Gasteiger partial charge on any atom is -0.466 e. The van der Waals surface area contributed by atoms with Gasteiger partial charge in [0.1, 0.15) is 16.3 Å². The molecule has 0 spiro atoms. The second-order valence-corrected chi connectivity index (χ2v) is 6.58. The van der Waals surface area contributed by atoms with Crippen molar-refractivity contribution in [2.45, 2.75) is 32.9 Å². The third kappa shape index (κ3) is 6.81. The number of pyridine rings is 1. The van der Waals surface area contributed by atoms with Crippen molar-refractivity contribution in [3.63, 3.8) is 0 Å². The van der Waals surface area contributed by atoms with Crippen LogP contribution in [0, 0.1) is 10.1 Å². The smallest absolute Gasteiger partial charge is 0.324 e. The third-order valence-electron chi connectivity index (χ3n) is 4.10. The van der Waals surface area contributed by atoms with Gasteiger partial charge in [0.25, 0.3) is 5.96 Å². The monoisotopic (exact) mass is 442 g/mol. The number of hydrogen-bond acceptors (Lipinski definition) is 8. The molecule has 0 unspecified atom stereocenters. The topological polar surface area (TPSA) is 140 Å². The van der Waals surface area contributed by atoms with E-state index in [1.54, 1.807) is 35.8 Å². The van der Waals surface area contributed by atoms with Crippen molar-refractivity contribution >= 4 is 29.5 Å². The highest BCUT2D eigenvalue weighted by Crippen LogP contribution is 2.15. The zero-order chi connectivity index (χ0) is 22.1. The summed E-state index contributed by atoms with van der Waals surface area (Å²) >= 11 is 5.80. The van der Waals surface area contributed by atoms with Crippen molar-refractivity contribution in [3.8, 4) is 0 Å². The number of nitro groups is 1. The minimum absolute atomic E-state index is 0.0185. The van der Waals surface area contributed by atoms with Gasteiger partial charge in [-0.1, -0.05) is 17.7 Å². The summed E-state index contributed by atoms with van der Waals surface area (Å²) in [6, 6.07) is 2.39. The van der Waals surface area contributed by atoms with Gasteiger partial charge in [-0.3, -0.25) is 14.5 Å². The van der Waals surface area contributed by atoms with Crippen LogP contribution in [0.3, 0.4) is 0 Å². The van der Waals surface area contributed by atoms with Gasteiger partial charge in [0.05, 0.1) is 33.0 Å². The number of hydrazone groups is 1. The van der Waals surface area contributed by atoms with Crippen LogP contribution in [-0.2, 0) is 25.6 Å². The van der Waals surface area contributed by atoms with E-state index in [9.17, 15) is 19.7 Å². The van der Waals surface area contributed by atoms with E-state index in [0.717, 1.165) is 5.56 Å². The fraction of sp³-hybridized carbons (Fsp3) is 0.529. The van der Waals surface area contributed by atoms with Crippen molar-refractivity contribution in [2.24, 2.45) is 5.10 Å². The van der Waals surface area contributed by atoms with Gasteiger partial charge in [0, 0.05) is 12.7 Å². The predicted octanol–water partition coefficient (Wildman–Crippen LogP) is 0.790. The Morgan fingerprint density at radius 3 is 2.70 bits per heavy atom. The van der Waals surface area contributed by atoms with E-state index < -0.39 is 23.0 Å². The Morgan fingerprint density at radius 2 is 2.10 bits per heavy atom. The average Bonchev–Trinajstić information content (AvgIpc) is 2.69. The molecule has 2 heterocycles. The minimum atomic E-state index is -0.931. The third-order valence-corrected chi connectivity index (χ3v) is 4.32. The molecule has 0 amide bonds. The standard InChI is InChI=1S/C17H23ClN6O6/c1-3-29-15(25)7-13(16(26)30-4-2)23-10-20-17(21-24(27)28)22(11-23)9-12-5-6-14(18)19-8-12/h5-6,8,13H,3-4,7,9-11H2,1-2H3,(H,20,21)/t13-/m0/s1. The lowest BCUT2D eigenvalue weighted by Crippen LogP contribution is -2.61. The molecule has 1 aliphatic rings. The van der Waals surface area contributed by atoms with Crippen LogP contribution >= 0.6 is 11.6 Å². The fourth-order valence-electron chi connectivity index (χ4n) is 2.83. The van der Waals surface area contributed by atoms with Crippen LogP contribution in [-0.4, -0.2) is 70.3 Å². The van der Waals surface area contributed by atoms with E-state index >= 15 is 0 Å². The lowest BCUT2D eigenvalue weighted by Gasteiger charge is -2.39. The van der Waals surface area contributed by atoms with Gasteiger partial charge in [-0.15, -0.1) is 0 Å². The van der Waals surface area contributed by atoms with E-state index in [1.807, 2.05) is 0 Å². The molecule has 1 saturated heterocycles. The highest BCUT2D eigenvalue weighted by molar-refractivity contribution is 6.29. The van der Waals surface area contributed by atoms with Gasteiger partial charge < -0.3 is 19.7 Å². The summed E-state index contributed by atoms with van der Waals surface area (Å²) in [5.74, 6) is -1.12. The molecule has 1 aliphatic heterocycles. The molecule has 30 heavy (non-hydrogen) atoms. The van der Waals surface area contributed by atoms with E-state index in [-0.39, 0.29) is 45.5 Å². The Kier molecular flexibility index (Phi) is 8.74. The van der Waals surface area contributed by atoms with Gasteiger partial charge in [-0.25, -0.2) is 15.1 Å². The van der Waals surface area contributed by atoms with Crippen molar-refractivity contribution in [3.05, 3.63) is 39.2 Å². The molecular formula is C17H23ClN6O6. The number of aromatic nitrogens is 1. The first-order valence-electron chi connectivity index (χ1n) is 9.22. The number of rotatable bonds is 9. The Hall–Kier alpha value is -2.99. The molecule has 13 heteroatoms. The first kappa shape index (κ1) is 23.3. The molecule has 1 fully saturated rings. The van der Waals surface area contributed by atoms with E-state index in [1.165, 1.54) is 6.20 Å². The number of esters is 2. The second kappa shape index (κ2) is 11.3. The molecule has 0 saturated carbocycles. The largest absolute Gasteiger partial charge is 0.466 e. The number of guanidine groups is 1. The fourth-order valence-corrected chi connectivity index (χ4v) is 2.94. The van der Waals surface area contributed by atoms with Crippen LogP contribution in [0.5, 0.6) is 0 Å². The van der Waals surface area contributed by atoms with Gasteiger partial charge in [-0.2, -0.15) is 0 Å². The molecule has 0 aromatic carbocycles.